The Bertz CT molecular complexity index is 168. The standard InChI is InChI=1S/C7H8OS/c8-4-7-3-5-1-6(2-5)9-7/h3-6H,1-2H2. The zero-order valence-electron chi connectivity index (χ0n) is 5.04. The Morgan fingerprint density at radius 3 is 2.78 bits per heavy atom. The van der Waals surface area contributed by atoms with Gasteiger partial charge in [0.1, 0.15) is 0 Å². The maximum Gasteiger partial charge on any atom is 0.156 e. The van der Waals surface area contributed by atoms with E-state index in [1.807, 2.05) is 0 Å². The summed E-state index contributed by atoms with van der Waals surface area (Å²) in [6.07, 6.45) is 5.70. The summed E-state index contributed by atoms with van der Waals surface area (Å²) < 4.78 is 0. The van der Waals surface area contributed by atoms with Crippen LogP contribution in [0.15, 0.2) is 11.0 Å². The molecular formula is C7H8OS. The number of thioether (sulfide) groups is 1. The number of carbonyl (C=O) groups excluding carboxylic acids is 1. The van der Waals surface area contributed by atoms with Gasteiger partial charge in [-0.25, -0.2) is 0 Å². The van der Waals surface area contributed by atoms with Crippen LogP contribution in [-0.4, -0.2) is 11.5 Å². The number of aldehydes is 1. The van der Waals surface area contributed by atoms with Gasteiger partial charge in [-0.3, -0.25) is 4.79 Å². The highest BCUT2D eigenvalue weighted by Gasteiger charge is 2.33. The largest absolute Gasteiger partial charge is 0.297 e. The van der Waals surface area contributed by atoms with Gasteiger partial charge in [0.05, 0.1) is 0 Å². The van der Waals surface area contributed by atoms with Gasteiger partial charge < -0.3 is 0 Å². The first-order valence-corrected chi connectivity index (χ1v) is 4.10. The van der Waals surface area contributed by atoms with E-state index in [0.29, 0.717) is 0 Å². The lowest BCUT2D eigenvalue weighted by Crippen LogP contribution is -2.28. The van der Waals surface area contributed by atoms with Crippen LogP contribution in [0.25, 0.3) is 0 Å². The third-order valence-electron chi connectivity index (χ3n) is 1.95. The van der Waals surface area contributed by atoms with Gasteiger partial charge in [-0.1, -0.05) is 6.08 Å². The van der Waals surface area contributed by atoms with Crippen molar-refractivity contribution < 1.29 is 4.79 Å². The van der Waals surface area contributed by atoms with Crippen LogP contribution in [0, 0.1) is 5.92 Å². The maximum absolute atomic E-state index is 10.2. The van der Waals surface area contributed by atoms with E-state index in [9.17, 15) is 4.79 Å². The van der Waals surface area contributed by atoms with Crippen molar-refractivity contribution in [2.45, 2.75) is 18.1 Å². The highest BCUT2D eigenvalue weighted by Crippen LogP contribution is 2.46. The Morgan fingerprint density at radius 1 is 1.67 bits per heavy atom. The molecule has 1 saturated carbocycles. The van der Waals surface area contributed by atoms with Crippen LogP contribution in [0.2, 0.25) is 0 Å². The van der Waals surface area contributed by atoms with Crippen LogP contribution in [0.5, 0.6) is 0 Å². The van der Waals surface area contributed by atoms with E-state index in [1.54, 1.807) is 11.8 Å². The molecule has 3 aliphatic rings. The Morgan fingerprint density at radius 2 is 2.44 bits per heavy atom. The summed E-state index contributed by atoms with van der Waals surface area (Å²) >= 11 is 1.75. The Kier molecular flexibility index (Phi) is 1.15. The van der Waals surface area contributed by atoms with Crippen LogP contribution in [0.3, 0.4) is 0 Å². The molecule has 3 rings (SSSR count). The normalized spacial score (nSPS) is 38.9. The molecule has 0 N–H and O–H groups in total. The molecule has 2 heteroatoms. The van der Waals surface area contributed by atoms with Gasteiger partial charge in [0.25, 0.3) is 0 Å². The van der Waals surface area contributed by atoms with E-state index in [0.717, 1.165) is 22.4 Å². The van der Waals surface area contributed by atoms with E-state index in [1.165, 1.54) is 12.8 Å². The molecule has 0 spiro atoms. The molecule has 9 heavy (non-hydrogen) atoms. The lowest BCUT2D eigenvalue weighted by molar-refractivity contribution is -0.104. The summed E-state index contributed by atoms with van der Waals surface area (Å²) in [5.41, 5.74) is 0. The van der Waals surface area contributed by atoms with Gasteiger partial charge >= 0.3 is 0 Å². The number of fused-ring (bicyclic) bond motifs is 1. The predicted molar refractivity (Wildman–Crippen MR) is 38.3 cm³/mol. The number of hydrogen-bond acceptors (Lipinski definition) is 2. The minimum Gasteiger partial charge on any atom is -0.297 e. The van der Waals surface area contributed by atoms with Gasteiger partial charge in [-0.2, -0.15) is 0 Å². The molecule has 0 radical (unpaired) electrons. The minimum atomic E-state index is 0.747. The molecule has 0 saturated heterocycles. The molecule has 0 aromatic rings. The average Bonchev–Trinajstić information content (AvgIpc) is 1.87. The molecule has 0 aromatic heterocycles. The summed E-state index contributed by atoms with van der Waals surface area (Å²) in [7, 11) is 0. The summed E-state index contributed by atoms with van der Waals surface area (Å²) in [6.45, 7) is 0. The van der Waals surface area contributed by atoms with Crippen molar-refractivity contribution in [1.82, 2.24) is 0 Å². The number of rotatable bonds is 1. The lowest BCUT2D eigenvalue weighted by atomic mass is 9.84. The molecule has 0 unspecified atom stereocenters. The zero-order chi connectivity index (χ0) is 6.27. The molecule has 2 heterocycles. The van der Waals surface area contributed by atoms with E-state index in [-0.39, 0.29) is 0 Å². The molecule has 1 nitrogen and oxygen atoms in total. The highest BCUT2D eigenvalue weighted by atomic mass is 32.2. The monoisotopic (exact) mass is 140 g/mol. The number of allylic oxidation sites excluding steroid dienone is 2. The number of hydrogen-bond donors (Lipinski definition) is 0. The van der Waals surface area contributed by atoms with Crippen molar-refractivity contribution in [2.24, 2.45) is 5.92 Å². The molecule has 1 aliphatic carbocycles. The quantitative estimate of drug-likeness (QED) is 0.514. The SMILES string of the molecule is O=CC1=CC2CC(C2)S1. The van der Waals surface area contributed by atoms with E-state index in [4.69, 9.17) is 0 Å². The van der Waals surface area contributed by atoms with Gasteiger partial charge in [-0.15, -0.1) is 11.8 Å². The summed E-state index contributed by atoms with van der Waals surface area (Å²) in [5.74, 6) is 0.747. The molecule has 2 aliphatic heterocycles. The van der Waals surface area contributed by atoms with Crippen LogP contribution in [0.1, 0.15) is 12.8 Å². The third kappa shape index (κ3) is 0.816. The van der Waals surface area contributed by atoms with E-state index < -0.39 is 0 Å². The smallest absolute Gasteiger partial charge is 0.156 e. The van der Waals surface area contributed by atoms with Crippen LogP contribution in [-0.2, 0) is 4.79 Å². The second-order valence-corrected chi connectivity index (χ2v) is 4.03. The molecule has 1 fully saturated rings. The fraction of sp³-hybridized carbons (Fsp3) is 0.571. The van der Waals surface area contributed by atoms with Crippen molar-refractivity contribution >= 4 is 18.0 Å². The molecular weight excluding hydrogens is 132 g/mol. The summed E-state index contributed by atoms with van der Waals surface area (Å²) in [5, 5.41) is 0.778. The predicted octanol–water partition coefficient (Wildman–Crippen LogP) is 1.59. The molecule has 0 amide bonds. The maximum atomic E-state index is 10.2. The zero-order valence-corrected chi connectivity index (χ0v) is 5.86. The summed E-state index contributed by atoms with van der Waals surface area (Å²) in [4.78, 5) is 11.2. The fourth-order valence-electron chi connectivity index (χ4n) is 1.37. The van der Waals surface area contributed by atoms with Gasteiger partial charge in [0, 0.05) is 10.2 Å². The Hall–Kier alpha value is -0.240. The second-order valence-electron chi connectivity index (χ2n) is 2.66. The fourth-order valence-corrected chi connectivity index (χ4v) is 2.77. The first-order chi connectivity index (χ1) is 4.38. The topological polar surface area (TPSA) is 17.1 Å². The van der Waals surface area contributed by atoms with E-state index >= 15 is 0 Å². The average molecular weight is 140 g/mol. The van der Waals surface area contributed by atoms with Crippen molar-refractivity contribution in [3.8, 4) is 0 Å². The lowest BCUT2D eigenvalue weighted by Gasteiger charge is -2.37. The van der Waals surface area contributed by atoms with Crippen molar-refractivity contribution in [3.05, 3.63) is 11.0 Å². The Labute approximate surface area is 58.5 Å². The van der Waals surface area contributed by atoms with Crippen molar-refractivity contribution in [3.63, 3.8) is 0 Å². The minimum absolute atomic E-state index is 0.747. The number of carbonyl (C=O) groups is 1. The van der Waals surface area contributed by atoms with Gasteiger partial charge in [0.15, 0.2) is 6.29 Å². The first-order valence-electron chi connectivity index (χ1n) is 3.22. The Balaban J connectivity index is 2.18. The second kappa shape index (κ2) is 1.87. The molecule has 0 atom stereocenters. The highest BCUT2D eigenvalue weighted by molar-refractivity contribution is 8.04. The first kappa shape index (κ1) is 5.54. The molecule has 0 aromatic carbocycles. The van der Waals surface area contributed by atoms with E-state index in [2.05, 4.69) is 6.08 Å². The van der Waals surface area contributed by atoms with Gasteiger partial charge in [0.2, 0.25) is 0 Å². The third-order valence-corrected chi connectivity index (χ3v) is 3.17. The van der Waals surface area contributed by atoms with Crippen molar-refractivity contribution in [1.29, 1.82) is 0 Å². The van der Waals surface area contributed by atoms with Crippen molar-refractivity contribution in [2.75, 3.05) is 0 Å². The van der Waals surface area contributed by atoms with Gasteiger partial charge in [-0.05, 0) is 18.8 Å². The molecule has 2 bridgehead atoms. The molecule has 48 valence electrons. The van der Waals surface area contributed by atoms with Crippen LogP contribution < -0.4 is 0 Å². The van der Waals surface area contributed by atoms with Crippen LogP contribution in [0.4, 0.5) is 0 Å². The van der Waals surface area contributed by atoms with Crippen LogP contribution >= 0.6 is 11.8 Å². The summed E-state index contributed by atoms with van der Waals surface area (Å²) in [6, 6.07) is 0.